The SMILES string of the molecule is CCCCCCCCCCCCCCCCCCCn1cc[n+](CCCCCCCCCCCCCCCCC)c1CCCCCCCCCCCCCCCC. The average Bonchev–Trinajstić information content (AvgIpc) is 3.61. The van der Waals surface area contributed by atoms with E-state index in [1.807, 2.05) is 0 Å². The number of nitrogens with zero attached hydrogens (tertiary/aromatic N) is 2. The molecule has 0 unspecified atom stereocenters. The summed E-state index contributed by atoms with van der Waals surface area (Å²) in [6, 6.07) is 0. The van der Waals surface area contributed by atoms with Crippen molar-refractivity contribution in [3.8, 4) is 0 Å². The fourth-order valence-electron chi connectivity index (χ4n) is 9.33. The number of rotatable bonds is 49. The van der Waals surface area contributed by atoms with E-state index in [-0.39, 0.29) is 0 Å². The molecular formula is C55H109N2+. The molecule has 0 N–H and O–H groups in total. The van der Waals surface area contributed by atoms with Gasteiger partial charge in [-0.3, -0.25) is 0 Å². The zero-order chi connectivity index (χ0) is 40.8. The van der Waals surface area contributed by atoms with Gasteiger partial charge in [0.05, 0.1) is 13.1 Å². The molecule has 0 radical (unpaired) electrons. The Balaban J connectivity index is 2.24. The number of aryl methyl sites for hydroxylation is 2. The second-order valence-corrected chi connectivity index (χ2v) is 19.1. The van der Waals surface area contributed by atoms with Crippen LogP contribution in [0.5, 0.6) is 0 Å². The molecule has 1 heterocycles. The first kappa shape index (κ1) is 54.2. The summed E-state index contributed by atoms with van der Waals surface area (Å²) in [7, 11) is 0. The lowest BCUT2D eigenvalue weighted by atomic mass is 10.0. The van der Waals surface area contributed by atoms with Crippen LogP contribution in [-0.4, -0.2) is 4.57 Å². The summed E-state index contributed by atoms with van der Waals surface area (Å²) in [5.74, 6) is 1.63. The van der Waals surface area contributed by atoms with Crippen LogP contribution in [0.4, 0.5) is 0 Å². The van der Waals surface area contributed by atoms with E-state index in [0.717, 1.165) is 0 Å². The highest BCUT2D eigenvalue weighted by molar-refractivity contribution is 4.84. The van der Waals surface area contributed by atoms with Crippen LogP contribution in [0.25, 0.3) is 0 Å². The molecule has 0 fully saturated rings. The third kappa shape index (κ3) is 37.9. The molecule has 0 aromatic carbocycles. The lowest BCUT2D eigenvalue weighted by Gasteiger charge is -2.07. The molecule has 57 heavy (non-hydrogen) atoms. The standard InChI is InChI=1S/C55H109N2/c1-4-7-10-13-16-19-22-25-28-29-31-34-37-40-43-46-49-52-57-54-53-56(51-48-45-42-39-36-33-30-26-23-20-17-14-11-8-5-2)55(57)50-47-44-41-38-35-32-27-24-21-18-15-12-9-6-3/h53-54H,4-52H2,1-3H3/q+1. The first-order valence-corrected chi connectivity index (χ1v) is 27.4. The van der Waals surface area contributed by atoms with Crippen molar-refractivity contribution in [3.05, 3.63) is 18.2 Å². The average molecular weight is 798 g/mol. The predicted molar refractivity (Wildman–Crippen MR) is 258 cm³/mol. The molecule has 2 nitrogen and oxygen atoms in total. The van der Waals surface area contributed by atoms with Gasteiger partial charge in [-0.15, -0.1) is 0 Å². The van der Waals surface area contributed by atoms with E-state index >= 15 is 0 Å². The molecule has 0 aliphatic carbocycles. The second-order valence-electron chi connectivity index (χ2n) is 19.1. The minimum Gasteiger partial charge on any atom is -0.234 e. The van der Waals surface area contributed by atoms with Gasteiger partial charge in [-0.25, -0.2) is 9.13 Å². The number of aromatic nitrogens is 2. The molecule has 0 saturated heterocycles. The van der Waals surface area contributed by atoms with Crippen LogP contribution >= 0.6 is 0 Å². The number of imidazole rings is 1. The Morgan fingerprint density at radius 3 is 0.842 bits per heavy atom. The first-order chi connectivity index (χ1) is 28.3. The molecule has 2 heteroatoms. The normalized spacial score (nSPS) is 11.7. The Hall–Kier alpha value is -0.790. The van der Waals surface area contributed by atoms with Crippen molar-refractivity contribution in [2.24, 2.45) is 0 Å². The third-order valence-electron chi connectivity index (χ3n) is 13.3. The summed E-state index contributed by atoms with van der Waals surface area (Å²) in [6.45, 7) is 9.42. The highest BCUT2D eigenvalue weighted by Gasteiger charge is 2.16. The maximum Gasteiger partial charge on any atom is 0.256 e. The van der Waals surface area contributed by atoms with Gasteiger partial charge in [0.15, 0.2) is 0 Å². The van der Waals surface area contributed by atoms with Gasteiger partial charge in [0.1, 0.15) is 12.4 Å². The van der Waals surface area contributed by atoms with Gasteiger partial charge in [0.2, 0.25) is 0 Å². The highest BCUT2D eigenvalue weighted by atomic mass is 15.1. The van der Waals surface area contributed by atoms with Gasteiger partial charge in [-0.2, -0.15) is 0 Å². The van der Waals surface area contributed by atoms with E-state index in [1.54, 1.807) is 5.82 Å². The molecule has 0 spiro atoms. The van der Waals surface area contributed by atoms with Crippen LogP contribution in [0.2, 0.25) is 0 Å². The monoisotopic (exact) mass is 798 g/mol. The van der Waals surface area contributed by atoms with Gasteiger partial charge >= 0.3 is 0 Å². The molecule has 1 aromatic rings. The zero-order valence-electron chi connectivity index (χ0n) is 40.2. The van der Waals surface area contributed by atoms with Crippen LogP contribution in [-0.2, 0) is 19.5 Å². The van der Waals surface area contributed by atoms with E-state index in [2.05, 4.69) is 42.3 Å². The van der Waals surface area contributed by atoms with Gasteiger partial charge in [0, 0.05) is 6.42 Å². The van der Waals surface area contributed by atoms with Crippen LogP contribution in [0.3, 0.4) is 0 Å². The molecule has 0 atom stereocenters. The molecule has 0 saturated carbocycles. The molecule has 1 aromatic heterocycles. The molecule has 0 aliphatic heterocycles. The van der Waals surface area contributed by atoms with Crippen molar-refractivity contribution >= 4 is 0 Å². The first-order valence-electron chi connectivity index (χ1n) is 27.4. The lowest BCUT2D eigenvalue weighted by Crippen LogP contribution is -2.37. The molecule has 0 aliphatic rings. The topological polar surface area (TPSA) is 8.81 Å². The molecule has 0 amide bonds. The van der Waals surface area contributed by atoms with Crippen LogP contribution < -0.4 is 4.57 Å². The fourth-order valence-corrected chi connectivity index (χ4v) is 9.33. The molecule has 338 valence electrons. The molecule has 1 rings (SSSR count). The van der Waals surface area contributed by atoms with Gasteiger partial charge in [0.25, 0.3) is 5.82 Å². The quantitative estimate of drug-likeness (QED) is 0.0459. The predicted octanol–water partition coefficient (Wildman–Crippen LogP) is 19.3. The molecule has 0 bridgehead atoms. The summed E-state index contributed by atoms with van der Waals surface area (Å²) in [6.07, 6.45) is 72.8. The summed E-state index contributed by atoms with van der Waals surface area (Å²) >= 11 is 0. The van der Waals surface area contributed by atoms with Crippen LogP contribution in [0.15, 0.2) is 12.4 Å². The van der Waals surface area contributed by atoms with Crippen molar-refractivity contribution in [1.82, 2.24) is 4.57 Å². The maximum atomic E-state index is 2.67. The van der Waals surface area contributed by atoms with Gasteiger partial charge < -0.3 is 0 Å². The van der Waals surface area contributed by atoms with Crippen molar-refractivity contribution in [2.75, 3.05) is 0 Å². The van der Waals surface area contributed by atoms with Crippen molar-refractivity contribution in [3.63, 3.8) is 0 Å². The van der Waals surface area contributed by atoms with Crippen LogP contribution in [0.1, 0.15) is 322 Å². The van der Waals surface area contributed by atoms with Crippen LogP contribution in [0, 0.1) is 0 Å². The Morgan fingerprint density at radius 2 is 0.544 bits per heavy atom. The number of hydrogen-bond donors (Lipinski definition) is 0. The zero-order valence-corrected chi connectivity index (χ0v) is 40.2. The Morgan fingerprint density at radius 1 is 0.298 bits per heavy atom. The Labute approximate surface area is 361 Å². The maximum absolute atomic E-state index is 2.67. The van der Waals surface area contributed by atoms with Gasteiger partial charge in [-0.1, -0.05) is 284 Å². The van der Waals surface area contributed by atoms with Gasteiger partial charge in [-0.05, 0) is 32.1 Å². The third-order valence-corrected chi connectivity index (χ3v) is 13.3. The van der Waals surface area contributed by atoms with E-state index in [4.69, 9.17) is 0 Å². The van der Waals surface area contributed by atoms with Crippen molar-refractivity contribution < 1.29 is 4.57 Å². The van der Waals surface area contributed by atoms with Crippen molar-refractivity contribution in [2.45, 2.75) is 336 Å². The molecular weight excluding hydrogens is 689 g/mol. The van der Waals surface area contributed by atoms with E-state index in [9.17, 15) is 0 Å². The van der Waals surface area contributed by atoms with E-state index in [1.165, 1.54) is 315 Å². The second kappa shape index (κ2) is 46.3. The minimum atomic E-state index is 1.23. The largest absolute Gasteiger partial charge is 0.256 e. The number of unbranched alkanes of at least 4 members (excludes halogenated alkanes) is 43. The summed E-state index contributed by atoms with van der Waals surface area (Å²) < 4.78 is 5.33. The lowest BCUT2D eigenvalue weighted by molar-refractivity contribution is -0.704. The summed E-state index contributed by atoms with van der Waals surface area (Å²) in [5, 5.41) is 0. The smallest absolute Gasteiger partial charge is 0.234 e. The fraction of sp³-hybridized carbons (Fsp3) is 0.945. The van der Waals surface area contributed by atoms with Crippen molar-refractivity contribution in [1.29, 1.82) is 0 Å². The highest BCUT2D eigenvalue weighted by Crippen LogP contribution is 2.18. The summed E-state index contributed by atoms with van der Waals surface area (Å²) in [4.78, 5) is 0. The minimum absolute atomic E-state index is 1.23. The van der Waals surface area contributed by atoms with E-state index < -0.39 is 0 Å². The Bertz CT molecular complexity index is 872. The Kier molecular flexibility index (Phi) is 44.0. The summed E-state index contributed by atoms with van der Waals surface area (Å²) in [5.41, 5.74) is 0. The number of hydrogen-bond acceptors (Lipinski definition) is 0. The van der Waals surface area contributed by atoms with E-state index in [0.29, 0.717) is 0 Å².